The number of aryl methyl sites for hydroxylation is 1. The molecule has 1 N–H and O–H groups in total. The number of nitrogens with one attached hydrogen (secondary N) is 1. The highest BCUT2D eigenvalue weighted by Gasteiger charge is 2.27. The van der Waals surface area contributed by atoms with Crippen molar-refractivity contribution < 1.29 is 23.5 Å². The Morgan fingerprint density at radius 1 is 1.15 bits per heavy atom. The van der Waals surface area contributed by atoms with Crippen molar-refractivity contribution >= 4 is 22.8 Å². The van der Waals surface area contributed by atoms with E-state index in [-0.39, 0.29) is 5.92 Å². The van der Waals surface area contributed by atoms with E-state index < -0.39 is 29.6 Å². The zero-order chi connectivity index (χ0) is 19.4. The van der Waals surface area contributed by atoms with Crippen molar-refractivity contribution in [2.24, 2.45) is 5.92 Å². The minimum Gasteiger partial charge on any atom is -0.481 e. The first-order valence-electron chi connectivity index (χ1n) is 8.32. The largest absolute Gasteiger partial charge is 0.481 e. The van der Waals surface area contributed by atoms with Crippen LogP contribution in [-0.4, -0.2) is 31.1 Å². The summed E-state index contributed by atoms with van der Waals surface area (Å²) in [6.07, 6.45) is -0.852. The summed E-state index contributed by atoms with van der Waals surface area (Å²) in [6, 6.07) is 5.68. The van der Waals surface area contributed by atoms with Crippen LogP contribution in [0.25, 0.3) is 11.0 Å². The van der Waals surface area contributed by atoms with E-state index >= 15 is 0 Å². The number of rotatable bonds is 6. The number of amides is 1. The van der Waals surface area contributed by atoms with Crippen LogP contribution in [0.15, 0.2) is 33.5 Å². The molecule has 26 heavy (non-hydrogen) atoms. The highest BCUT2D eigenvalue weighted by molar-refractivity contribution is 5.87. The molecule has 0 fully saturated rings. The summed E-state index contributed by atoms with van der Waals surface area (Å²) in [4.78, 5) is 35.6. The summed E-state index contributed by atoms with van der Waals surface area (Å²) in [5, 5.41) is 3.42. The van der Waals surface area contributed by atoms with Crippen molar-refractivity contribution in [3.05, 3.63) is 40.2 Å². The zero-order valence-corrected chi connectivity index (χ0v) is 15.5. The highest BCUT2D eigenvalue weighted by atomic mass is 16.5. The van der Waals surface area contributed by atoms with Gasteiger partial charge in [0.1, 0.15) is 17.4 Å². The van der Waals surface area contributed by atoms with Gasteiger partial charge in [0.05, 0.1) is 7.11 Å². The van der Waals surface area contributed by atoms with E-state index in [2.05, 4.69) is 5.32 Å². The van der Waals surface area contributed by atoms with E-state index in [0.29, 0.717) is 11.3 Å². The minimum absolute atomic E-state index is 0.128. The number of esters is 1. The summed E-state index contributed by atoms with van der Waals surface area (Å²) in [6.45, 7) is 7.00. The molecule has 0 saturated carbocycles. The molecule has 0 aliphatic heterocycles. The van der Waals surface area contributed by atoms with Crippen molar-refractivity contribution in [2.75, 3.05) is 7.11 Å². The van der Waals surface area contributed by atoms with Gasteiger partial charge in [-0.2, -0.15) is 0 Å². The second kappa shape index (κ2) is 8.03. The number of methoxy groups -OCH3 is 1. The van der Waals surface area contributed by atoms with Crippen LogP contribution in [0, 0.1) is 12.8 Å². The van der Waals surface area contributed by atoms with Crippen LogP contribution in [0.4, 0.5) is 0 Å². The molecule has 7 heteroatoms. The van der Waals surface area contributed by atoms with Gasteiger partial charge in [0.2, 0.25) is 0 Å². The van der Waals surface area contributed by atoms with Gasteiger partial charge >= 0.3 is 11.6 Å². The Labute approximate surface area is 151 Å². The summed E-state index contributed by atoms with van der Waals surface area (Å²) in [5.74, 6) is -0.701. The van der Waals surface area contributed by atoms with Crippen LogP contribution in [0.5, 0.6) is 5.75 Å². The maximum Gasteiger partial charge on any atom is 0.336 e. The van der Waals surface area contributed by atoms with Gasteiger partial charge in [0.25, 0.3) is 5.91 Å². The normalized spacial score (nSPS) is 13.3. The van der Waals surface area contributed by atoms with Gasteiger partial charge in [-0.1, -0.05) is 13.8 Å². The SMILES string of the molecule is COC(=O)[C@@H](NC(=O)C(C)Oc1ccc2c(C)cc(=O)oc2c1)C(C)C. The molecule has 1 aromatic carbocycles. The molecule has 0 aliphatic rings. The van der Waals surface area contributed by atoms with Crippen molar-refractivity contribution in [1.29, 1.82) is 0 Å². The fraction of sp³-hybridized carbons (Fsp3) is 0.421. The third-order valence-electron chi connectivity index (χ3n) is 4.02. The Kier molecular flexibility index (Phi) is 6.02. The molecule has 0 spiro atoms. The fourth-order valence-corrected chi connectivity index (χ4v) is 2.53. The molecule has 0 aliphatic carbocycles. The molecule has 0 saturated heterocycles. The molecule has 140 valence electrons. The molecule has 2 atom stereocenters. The predicted molar refractivity (Wildman–Crippen MR) is 96.1 cm³/mol. The first-order chi connectivity index (χ1) is 12.2. The van der Waals surface area contributed by atoms with Crippen LogP contribution in [0.3, 0.4) is 0 Å². The molecule has 0 bridgehead atoms. The van der Waals surface area contributed by atoms with Gasteiger partial charge in [0, 0.05) is 17.5 Å². The Bertz CT molecular complexity index is 870. The summed E-state index contributed by atoms with van der Waals surface area (Å²) in [7, 11) is 1.27. The lowest BCUT2D eigenvalue weighted by atomic mass is 10.0. The van der Waals surface area contributed by atoms with Gasteiger partial charge in [0.15, 0.2) is 6.10 Å². The average molecular weight is 361 g/mol. The Morgan fingerprint density at radius 3 is 2.46 bits per heavy atom. The fourth-order valence-electron chi connectivity index (χ4n) is 2.53. The van der Waals surface area contributed by atoms with Crippen LogP contribution in [0.1, 0.15) is 26.3 Å². The van der Waals surface area contributed by atoms with Crippen LogP contribution in [-0.2, 0) is 14.3 Å². The molecule has 0 radical (unpaired) electrons. The van der Waals surface area contributed by atoms with Crippen molar-refractivity contribution in [3.8, 4) is 5.75 Å². The Hall–Kier alpha value is -2.83. The van der Waals surface area contributed by atoms with Crippen LogP contribution < -0.4 is 15.7 Å². The Balaban J connectivity index is 2.14. The maximum absolute atomic E-state index is 12.3. The molecular formula is C19H23NO6. The average Bonchev–Trinajstić information content (AvgIpc) is 2.57. The summed E-state index contributed by atoms with van der Waals surface area (Å²) >= 11 is 0. The second-order valence-corrected chi connectivity index (χ2v) is 6.42. The van der Waals surface area contributed by atoms with Gasteiger partial charge in [-0.25, -0.2) is 9.59 Å². The molecule has 7 nitrogen and oxygen atoms in total. The Morgan fingerprint density at radius 2 is 1.85 bits per heavy atom. The van der Waals surface area contributed by atoms with Crippen molar-refractivity contribution in [2.45, 2.75) is 39.8 Å². The second-order valence-electron chi connectivity index (χ2n) is 6.42. The van der Waals surface area contributed by atoms with E-state index in [4.69, 9.17) is 13.9 Å². The lowest BCUT2D eigenvalue weighted by Crippen LogP contribution is -2.49. The standard InChI is InChI=1S/C19H23NO6/c1-10(2)17(19(23)24-5)20-18(22)12(4)25-13-6-7-14-11(3)8-16(21)26-15(14)9-13/h6-10,12,17H,1-5H3,(H,20,22)/t12?,17-/m0/s1. The van der Waals surface area contributed by atoms with Gasteiger partial charge in [-0.3, -0.25) is 4.79 Å². The number of hydrogen-bond acceptors (Lipinski definition) is 6. The quantitative estimate of drug-likeness (QED) is 0.626. The van der Waals surface area contributed by atoms with E-state index in [1.54, 1.807) is 39.0 Å². The summed E-state index contributed by atoms with van der Waals surface area (Å²) in [5.41, 5.74) is 0.733. The number of carbonyl (C=O) groups is 2. The van der Waals surface area contributed by atoms with Crippen LogP contribution >= 0.6 is 0 Å². The van der Waals surface area contributed by atoms with Gasteiger partial charge < -0.3 is 19.2 Å². The topological polar surface area (TPSA) is 94.8 Å². The van der Waals surface area contributed by atoms with Gasteiger partial charge in [-0.05, 0) is 37.5 Å². The number of fused-ring (bicyclic) bond motifs is 1. The highest BCUT2D eigenvalue weighted by Crippen LogP contribution is 2.23. The summed E-state index contributed by atoms with van der Waals surface area (Å²) < 4.78 is 15.5. The zero-order valence-electron chi connectivity index (χ0n) is 15.5. The first-order valence-corrected chi connectivity index (χ1v) is 8.32. The molecule has 1 aromatic heterocycles. The predicted octanol–water partition coefficient (Wildman–Crippen LogP) is 2.18. The molecule has 1 amide bonds. The van der Waals surface area contributed by atoms with E-state index in [1.807, 2.05) is 6.92 Å². The third-order valence-corrected chi connectivity index (χ3v) is 4.02. The van der Waals surface area contributed by atoms with Gasteiger partial charge in [-0.15, -0.1) is 0 Å². The molecule has 2 rings (SSSR count). The number of ether oxygens (including phenoxy) is 2. The smallest absolute Gasteiger partial charge is 0.336 e. The maximum atomic E-state index is 12.3. The lowest BCUT2D eigenvalue weighted by Gasteiger charge is -2.22. The lowest BCUT2D eigenvalue weighted by molar-refractivity contribution is -0.147. The van der Waals surface area contributed by atoms with Crippen molar-refractivity contribution in [3.63, 3.8) is 0 Å². The van der Waals surface area contributed by atoms with E-state index in [9.17, 15) is 14.4 Å². The third kappa shape index (κ3) is 4.41. The van der Waals surface area contributed by atoms with E-state index in [1.165, 1.54) is 13.2 Å². The van der Waals surface area contributed by atoms with Crippen LogP contribution in [0.2, 0.25) is 0 Å². The van der Waals surface area contributed by atoms with E-state index in [0.717, 1.165) is 10.9 Å². The number of benzene rings is 1. The molecule has 1 heterocycles. The number of hydrogen-bond donors (Lipinski definition) is 1. The monoisotopic (exact) mass is 361 g/mol. The molecular weight excluding hydrogens is 338 g/mol. The first kappa shape index (κ1) is 19.5. The van der Waals surface area contributed by atoms with Crippen molar-refractivity contribution in [1.82, 2.24) is 5.32 Å². The number of carbonyl (C=O) groups excluding carboxylic acids is 2. The molecule has 2 aromatic rings. The minimum atomic E-state index is -0.852. The molecule has 1 unspecified atom stereocenters.